The van der Waals surface area contributed by atoms with Gasteiger partial charge in [-0.15, -0.1) is 0 Å². The average Bonchev–Trinajstić information content (AvgIpc) is 3.93. The highest BCUT2D eigenvalue weighted by Gasteiger charge is 2.63. The lowest BCUT2D eigenvalue weighted by Gasteiger charge is -2.30. The first kappa shape index (κ1) is 34.0. The highest BCUT2D eigenvalue weighted by Crippen LogP contribution is 2.47. The Bertz CT molecular complexity index is 1910. The zero-order chi connectivity index (χ0) is 35.1. The molecule has 1 saturated heterocycles. The number of sulfonamides is 1. The minimum absolute atomic E-state index is 0.129. The van der Waals surface area contributed by atoms with Gasteiger partial charge in [0.25, 0.3) is 11.9 Å². The molecule has 266 valence electrons. The van der Waals surface area contributed by atoms with E-state index in [1.54, 1.807) is 24.2 Å². The van der Waals surface area contributed by atoms with Crippen molar-refractivity contribution in [1.29, 1.82) is 0 Å². The number of rotatable bonds is 8. The number of amides is 3. The quantitative estimate of drug-likeness (QED) is 0.297. The van der Waals surface area contributed by atoms with Crippen LogP contribution in [0.5, 0.6) is 6.01 Å². The summed E-state index contributed by atoms with van der Waals surface area (Å²) in [5.74, 6) is -1.87. The summed E-state index contributed by atoms with van der Waals surface area (Å²) in [7, 11) is -3.94. The molecule has 3 fully saturated rings. The van der Waals surface area contributed by atoms with Crippen LogP contribution in [0.15, 0.2) is 60.9 Å². The van der Waals surface area contributed by atoms with Crippen LogP contribution < -0.4 is 20.1 Å². The van der Waals surface area contributed by atoms with Gasteiger partial charge in [-0.05, 0) is 70.6 Å². The Balaban J connectivity index is 1.20. The Hall–Kier alpha value is -4.46. The fourth-order valence-corrected chi connectivity index (χ4v) is 8.50. The molecule has 3 amide bonds. The standard InChI is InChI=1S/C36H45N7O6S/c1-3-42-29-16-19-37-22-28(29)39-34(42)49-26-20-30-31(44)40-36(33(46)41-50(47,48)35(2)17-18-35)21-24(36)12-8-5-4-6-11-15-27(32(45)43(30)23-26)38-25-13-9-7-10-14-25/h7-10,12-14,16,19,22,24,26-27,30,38H,3-6,11,15,17-18,20-21,23H2,1-2H3,(H,40,44)(H,41,46)/b12-8-/t24-,26+,27-,30-,36+/m0/s1. The third-order valence-corrected chi connectivity index (χ3v) is 12.9. The molecule has 0 spiro atoms. The van der Waals surface area contributed by atoms with E-state index in [1.165, 1.54) is 0 Å². The molecular formula is C36H45N7O6S. The number of pyridine rings is 1. The van der Waals surface area contributed by atoms with Gasteiger partial charge in [0.2, 0.25) is 21.8 Å². The zero-order valence-electron chi connectivity index (χ0n) is 28.5. The number of imidazole rings is 1. The molecule has 0 unspecified atom stereocenters. The van der Waals surface area contributed by atoms with E-state index in [-0.39, 0.29) is 31.2 Å². The molecule has 7 rings (SSSR count). The Morgan fingerprint density at radius 2 is 1.92 bits per heavy atom. The van der Waals surface area contributed by atoms with Gasteiger partial charge in [0.05, 0.1) is 23.0 Å². The monoisotopic (exact) mass is 703 g/mol. The minimum atomic E-state index is -3.94. The summed E-state index contributed by atoms with van der Waals surface area (Å²) in [4.78, 5) is 53.1. The van der Waals surface area contributed by atoms with Crippen LogP contribution in [0.2, 0.25) is 0 Å². The second kappa shape index (κ2) is 13.3. The van der Waals surface area contributed by atoms with E-state index in [0.717, 1.165) is 36.9 Å². The second-order valence-electron chi connectivity index (χ2n) is 14.3. The molecule has 0 bridgehead atoms. The van der Waals surface area contributed by atoms with Gasteiger partial charge in [-0.25, -0.2) is 8.42 Å². The molecule has 0 radical (unpaired) electrons. The lowest BCUT2D eigenvalue weighted by molar-refractivity contribution is -0.140. The summed E-state index contributed by atoms with van der Waals surface area (Å²) in [6.45, 7) is 4.32. The first-order valence-corrected chi connectivity index (χ1v) is 19.2. The number of carbonyl (C=O) groups excluding carboxylic acids is 3. The Kier molecular flexibility index (Phi) is 9.08. The van der Waals surface area contributed by atoms with Crippen molar-refractivity contribution in [3.8, 4) is 6.01 Å². The number of hydrogen-bond acceptors (Lipinski definition) is 9. The predicted octanol–water partition coefficient (Wildman–Crippen LogP) is 3.67. The van der Waals surface area contributed by atoms with Crippen LogP contribution in [-0.2, 0) is 31.0 Å². The van der Waals surface area contributed by atoms with Crippen LogP contribution in [0.4, 0.5) is 5.69 Å². The largest absolute Gasteiger partial charge is 0.459 e. The van der Waals surface area contributed by atoms with Crippen LogP contribution >= 0.6 is 0 Å². The van der Waals surface area contributed by atoms with Crippen molar-refractivity contribution in [2.24, 2.45) is 5.92 Å². The van der Waals surface area contributed by atoms with Crippen LogP contribution in [0.25, 0.3) is 11.0 Å². The summed E-state index contributed by atoms with van der Waals surface area (Å²) in [6, 6.07) is 10.2. The number of nitrogens with one attached hydrogen (secondary N) is 3. The maximum atomic E-state index is 14.5. The average molecular weight is 704 g/mol. The number of carbonyl (C=O) groups is 3. The fraction of sp³-hybridized carbons (Fsp3) is 0.528. The van der Waals surface area contributed by atoms with Gasteiger partial charge >= 0.3 is 0 Å². The van der Waals surface area contributed by atoms with Crippen molar-refractivity contribution < 1.29 is 27.5 Å². The Labute approximate surface area is 292 Å². The second-order valence-corrected chi connectivity index (χ2v) is 16.5. The highest BCUT2D eigenvalue weighted by atomic mass is 32.2. The van der Waals surface area contributed by atoms with Crippen LogP contribution in [-0.4, -0.2) is 80.6 Å². The molecule has 4 aliphatic rings. The summed E-state index contributed by atoms with van der Waals surface area (Å²) < 4.78 is 35.9. The number of ether oxygens (including phenoxy) is 1. The van der Waals surface area contributed by atoms with E-state index in [0.29, 0.717) is 37.3 Å². The predicted molar refractivity (Wildman–Crippen MR) is 187 cm³/mol. The number of fused-ring (bicyclic) bond motifs is 3. The molecular weight excluding hydrogens is 659 g/mol. The molecule has 2 aliphatic carbocycles. The zero-order valence-corrected chi connectivity index (χ0v) is 29.3. The molecule has 13 nitrogen and oxygen atoms in total. The van der Waals surface area contributed by atoms with Crippen molar-refractivity contribution in [2.45, 2.75) is 107 Å². The summed E-state index contributed by atoms with van der Waals surface area (Å²) in [5.41, 5.74) is 0.896. The summed E-state index contributed by atoms with van der Waals surface area (Å²) in [5, 5.41) is 6.36. The van der Waals surface area contributed by atoms with Gasteiger partial charge in [-0.1, -0.05) is 43.2 Å². The van der Waals surface area contributed by atoms with Crippen LogP contribution in [0.3, 0.4) is 0 Å². The molecule has 50 heavy (non-hydrogen) atoms. The summed E-state index contributed by atoms with van der Waals surface area (Å²) in [6.07, 6.45) is 12.0. The Morgan fingerprint density at radius 3 is 2.68 bits per heavy atom. The first-order valence-electron chi connectivity index (χ1n) is 17.7. The van der Waals surface area contributed by atoms with E-state index in [4.69, 9.17) is 4.74 Å². The van der Waals surface area contributed by atoms with E-state index >= 15 is 0 Å². The van der Waals surface area contributed by atoms with Gasteiger partial charge in [-0.3, -0.25) is 28.7 Å². The number of aromatic nitrogens is 3. The number of aryl methyl sites for hydroxylation is 1. The van der Waals surface area contributed by atoms with Crippen LogP contribution in [0.1, 0.15) is 71.6 Å². The van der Waals surface area contributed by atoms with Crippen molar-refractivity contribution in [1.82, 2.24) is 29.5 Å². The van der Waals surface area contributed by atoms with E-state index < -0.39 is 50.3 Å². The van der Waals surface area contributed by atoms with E-state index in [9.17, 15) is 22.8 Å². The van der Waals surface area contributed by atoms with E-state index in [2.05, 4.69) is 25.3 Å². The van der Waals surface area contributed by atoms with Gasteiger partial charge in [-0.2, -0.15) is 4.98 Å². The lowest BCUT2D eigenvalue weighted by atomic mass is 10.0. The first-order chi connectivity index (χ1) is 24.0. The van der Waals surface area contributed by atoms with Gasteiger partial charge in [0, 0.05) is 30.8 Å². The molecule has 2 aromatic heterocycles. The molecule has 14 heteroatoms. The minimum Gasteiger partial charge on any atom is -0.459 e. The van der Waals surface area contributed by atoms with Crippen molar-refractivity contribution in [3.63, 3.8) is 0 Å². The molecule has 2 aliphatic heterocycles. The normalized spacial score (nSPS) is 28.7. The lowest BCUT2D eigenvalue weighted by Crippen LogP contribution is -2.58. The smallest absolute Gasteiger partial charge is 0.297 e. The number of benzene rings is 1. The molecule has 1 aromatic carbocycles. The van der Waals surface area contributed by atoms with Crippen molar-refractivity contribution in [2.75, 3.05) is 11.9 Å². The molecule has 5 atom stereocenters. The van der Waals surface area contributed by atoms with Crippen molar-refractivity contribution in [3.05, 3.63) is 60.9 Å². The number of anilines is 1. The third-order valence-electron chi connectivity index (χ3n) is 10.7. The van der Waals surface area contributed by atoms with Crippen LogP contribution in [0, 0.1) is 5.92 Å². The topological polar surface area (TPSA) is 165 Å². The number of para-hydroxylation sites is 1. The van der Waals surface area contributed by atoms with Gasteiger partial charge < -0.3 is 20.3 Å². The highest BCUT2D eigenvalue weighted by molar-refractivity contribution is 7.91. The molecule has 3 N–H and O–H groups in total. The van der Waals surface area contributed by atoms with Crippen molar-refractivity contribution >= 4 is 44.5 Å². The van der Waals surface area contributed by atoms with Gasteiger partial charge in [0.1, 0.15) is 29.2 Å². The van der Waals surface area contributed by atoms with Gasteiger partial charge in [0.15, 0.2) is 0 Å². The maximum absolute atomic E-state index is 14.5. The molecule has 3 aromatic rings. The molecule has 2 saturated carbocycles. The number of allylic oxidation sites excluding steroid dienone is 1. The SMILES string of the molecule is CCn1c(O[C@@H]2C[C@H]3C(=O)N[C@]4(C(=O)NS(=O)(=O)C5(C)CC5)C[C@@H]4/C=C\CCCCC[C@H](Nc4ccccc4)C(=O)N3C2)nc2cnccc21. The van der Waals surface area contributed by atoms with E-state index in [1.807, 2.05) is 60.0 Å². The number of nitrogens with zero attached hydrogens (tertiary/aromatic N) is 4. The summed E-state index contributed by atoms with van der Waals surface area (Å²) >= 11 is 0. The fourth-order valence-electron chi connectivity index (χ4n) is 7.19. The molecule has 4 heterocycles. The maximum Gasteiger partial charge on any atom is 0.297 e. The third kappa shape index (κ3) is 6.57. The Morgan fingerprint density at radius 1 is 1.12 bits per heavy atom. The number of hydrogen-bond donors (Lipinski definition) is 3.